The number of carboxylic acids is 1. The second-order valence-electron chi connectivity index (χ2n) is 6.82. The van der Waals surface area contributed by atoms with E-state index in [1.165, 1.54) is 6.07 Å². The molecule has 0 unspecified atom stereocenters. The van der Waals surface area contributed by atoms with Crippen LogP contribution in [0.1, 0.15) is 35.2 Å². The van der Waals surface area contributed by atoms with E-state index in [0.717, 1.165) is 24.6 Å². The van der Waals surface area contributed by atoms with Crippen molar-refractivity contribution in [3.05, 3.63) is 53.1 Å². The zero-order valence-electron chi connectivity index (χ0n) is 14.3. The zero-order chi connectivity index (χ0) is 20.3. The van der Waals surface area contributed by atoms with Gasteiger partial charge < -0.3 is 10.4 Å². The number of carbonyl (C=O) groups is 2. The van der Waals surface area contributed by atoms with Gasteiger partial charge in [0, 0.05) is 6.07 Å². The number of amides is 1. The van der Waals surface area contributed by atoms with E-state index < -0.39 is 37.9 Å². The van der Waals surface area contributed by atoms with E-state index in [1.54, 1.807) is 0 Å². The molecule has 3 N–H and O–H groups in total. The molecule has 4 rings (SSSR count). The van der Waals surface area contributed by atoms with Gasteiger partial charge in [0.2, 0.25) is 5.91 Å². The molecule has 7 nitrogen and oxygen atoms in total. The van der Waals surface area contributed by atoms with Crippen LogP contribution in [0.25, 0.3) is 0 Å². The van der Waals surface area contributed by atoms with Gasteiger partial charge in [0.25, 0.3) is 10.0 Å². The van der Waals surface area contributed by atoms with E-state index in [-0.39, 0.29) is 22.8 Å². The lowest BCUT2D eigenvalue weighted by Crippen LogP contribution is -2.40. The van der Waals surface area contributed by atoms with Gasteiger partial charge in [-0.3, -0.25) is 9.52 Å². The molecular weight excluding hydrogens is 394 g/mol. The number of fused-ring (bicyclic) bond motifs is 2. The summed E-state index contributed by atoms with van der Waals surface area (Å²) in [6.45, 7) is 0. The Balaban J connectivity index is 1.80. The second kappa shape index (κ2) is 5.99. The van der Waals surface area contributed by atoms with Gasteiger partial charge in [0.05, 0.1) is 22.4 Å². The number of carbonyl (C=O) groups excluding carboxylic acids is 1. The summed E-state index contributed by atoms with van der Waals surface area (Å²) >= 11 is 0. The molecule has 1 fully saturated rings. The summed E-state index contributed by atoms with van der Waals surface area (Å²) in [5.41, 5.74) is -0.717. The van der Waals surface area contributed by atoms with Crippen LogP contribution in [-0.4, -0.2) is 25.4 Å². The van der Waals surface area contributed by atoms with Gasteiger partial charge in [-0.15, -0.1) is 0 Å². The fourth-order valence-electron chi connectivity index (χ4n) is 3.67. The van der Waals surface area contributed by atoms with Crippen LogP contribution < -0.4 is 10.0 Å². The van der Waals surface area contributed by atoms with E-state index in [0.29, 0.717) is 24.5 Å². The van der Waals surface area contributed by atoms with Gasteiger partial charge >= 0.3 is 5.97 Å². The maximum atomic E-state index is 13.9. The quantitative estimate of drug-likeness (QED) is 0.720. The summed E-state index contributed by atoms with van der Waals surface area (Å²) in [5, 5.41) is 12.1. The summed E-state index contributed by atoms with van der Waals surface area (Å²) in [6.07, 6.45) is 1.83. The number of rotatable bonds is 4. The van der Waals surface area contributed by atoms with Gasteiger partial charge in [0.1, 0.15) is 16.5 Å². The zero-order valence-corrected chi connectivity index (χ0v) is 15.1. The highest BCUT2D eigenvalue weighted by molar-refractivity contribution is 7.92. The van der Waals surface area contributed by atoms with Crippen LogP contribution in [0.5, 0.6) is 0 Å². The van der Waals surface area contributed by atoms with E-state index in [9.17, 15) is 31.9 Å². The molecule has 146 valence electrons. The first-order valence-corrected chi connectivity index (χ1v) is 9.83. The number of carboxylic acid groups (broad SMARTS) is 1. The molecule has 0 radical (unpaired) electrons. The Hall–Kier alpha value is -3.01. The monoisotopic (exact) mass is 408 g/mol. The molecule has 28 heavy (non-hydrogen) atoms. The Labute approximate surface area is 158 Å². The molecule has 0 saturated heterocycles. The number of hydrogen-bond acceptors (Lipinski definition) is 4. The molecule has 0 bridgehead atoms. The van der Waals surface area contributed by atoms with Crippen LogP contribution in [0.2, 0.25) is 0 Å². The Kier molecular flexibility index (Phi) is 3.93. The molecule has 0 aromatic heterocycles. The summed E-state index contributed by atoms with van der Waals surface area (Å²) in [5.74, 6) is -3.87. The highest BCUT2D eigenvalue weighted by Gasteiger charge is 2.52. The number of anilines is 2. The van der Waals surface area contributed by atoms with Crippen molar-refractivity contribution >= 4 is 33.3 Å². The summed E-state index contributed by atoms with van der Waals surface area (Å²) in [6, 6.07) is 4.45. The first-order valence-electron chi connectivity index (χ1n) is 8.35. The average Bonchev–Trinajstić information content (AvgIpc) is 2.84. The van der Waals surface area contributed by atoms with Gasteiger partial charge in [-0.05, 0) is 42.7 Å². The fourth-order valence-corrected chi connectivity index (χ4v) is 4.77. The van der Waals surface area contributed by atoms with Crippen LogP contribution >= 0.6 is 0 Å². The Morgan fingerprint density at radius 1 is 1.18 bits per heavy atom. The van der Waals surface area contributed by atoms with E-state index in [1.807, 2.05) is 0 Å². The van der Waals surface area contributed by atoms with Crippen molar-refractivity contribution in [2.24, 2.45) is 0 Å². The predicted molar refractivity (Wildman–Crippen MR) is 94.7 cm³/mol. The molecule has 1 spiro atoms. The predicted octanol–water partition coefficient (Wildman–Crippen LogP) is 2.84. The van der Waals surface area contributed by atoms with E-state index in [4.69, 9.17) is 0 Å². The van der Waals surface area contributed by atoms with Crippen LogP contribution in [0, 0.1) is 11.6 Å². The van der Waals surface area contributed by atoms with Crippen molar-refractivity contribution in [3.8, 4) is 0 Å². The van der Waals surface area contributed by atoms with E-state index in [2.05, 4.69) is 10.0 Å². The highest BCUT2D eigenvalue weighted by Crippen LogP contribution is 2.52. The third-order valence-electron chi connectivity index (χ3n) is 5.20. The third kappa shape index (κ3) is 2.63. The first kappa shape index (κ1) is 18.4. The van der Waals surface area contributed by atoms with Crippen molar-refractivity contribution in [3.63, 3.8) is 0 Å². The largest absolute Gasteiger partial charge is 0.478 e. The maximum absolute atomic E-state index is 13.9. The van der Waals surface area contributed by atoms with Crippen molar-refractivity contribution in [2.75, 3.05) is 10.0 Å². The maximum Gasteiger partial charge on any atom is 0.337 e. The first-order chi connectivity index (χ1) is 13.1. The third-order valence-corrected chi connectivity index (χ3v) is 6.61. The normalized spacial score (nSPS) is 17.0. The molecule has 2 aliphatic rings. The lowest BCUT2D eigenvalue weighted by Gasteiger charge is -2.36. The Morgan fingerprint density at radius 3 is 2.46 bits per heavy atom. The van der Waals surface area contributed by atoms with E-state index >= 15 is 0 Å². The molecule has 1 aliphatic carbocycles. The molecule has 1 saturated carbocycles. The number of sulfonamides is 1. The standard InChI is InChI=1S/C18H14F2N2O5S/c19-9-2-3-14(13(20)6-9)28(26,27)22-10-7-11(16(23)24)15-12(8-10)18(4-1-5-18)17(25)21-15/h2-3,6-8,22H,1,4-5H2,(H,21,25)(H,23,24). The summed E-state index contributed by atoms with van der Waals surface area (Å²) < 4.78 is 54.1. The number of nitrogens with one attached hydrogen (secondary N) is 2. The molecule has 1 heterocycles. The summed E-state index contributed by atoms with van der Waals surface area (Å²) in [7, 11) is -4.45. The van der Waals surface area contributed by atoms with Crippen molar-refractivity contribution < 1.29 is 31.9 Å². The lowest BCUT2D eigenvalue weighted by molar-refractivity contribution is -0.123. The van der Waals surface area contributed by atoms with Crippen molar-refractivity contribution in [2.45, 2.75) is 29.6 Å². The Bertz CT molecular complexity index is 1140. The minimum atomic E-state index is -4.45. The van der Waals surface area contributed by atoms with Crippen LogP contribution in [-0.2, 0) is 20.2 Å². The Morgan fingerprint density at radius 2 is 1.89 bits per heavy atom. The molecular formula is C18H14F2N2O5S. The number of hydrogen-bond donors (Lipinski definition) is 3. The minimum Gasteiger partial charge on any atom is -0.478 e. The lowest BCUT2D eigenvalue weighted by atomic mass is 9.65. The minimum absolute atomic E-state index is 0.123. The molecule has 2 aromatic rings. The molecule has 0 atom stereocenters. The SMILES string of the molecule is O=C(O)c1cc(NS(=O)(=O)c2ccc(F)cc2F)cc2c1NC(=O)C21CCC1. The van der Waals surface area contributed by atoms with Crippen molar-refractivity contribution in [1.29, 1.82) is 0 Å². The molecule has 1 aliphatic heterocycles. The van der Waals surface area contributed by atoms with Gasteiger partial charge in [-0.2, -0.15) is 0 Å². The van der Waals surface area contributed by atoms with Crippen LogP contribution in [0.3, 0.4) is 0 Å². The molecule has 2 aromatic carbocycles. The fraction of sp³-hybridized carbons (Fsp3) is 0.222. The molecule has 1 amide bonds. The van der Waals surface area contributed by atoms with Gasteiger partial charge in [0.15, 0.2) is 0 Å². The van der Waals surface area contributed by atoms with Crippen LogP contribution in [0.4, 0.5) is 20.2 Å². The topological polar surface area (TPSA) is 113 Å². The second-order valence-corrected chi connectivity index (χ2v) is 8.47. The number of halogens is 2. The van der Waals surface area contributed by atoms with Crippen LogP contribution in [0.15, 0.2) is 35.2 Å². The number of benzene rings is 2. The number of aromatic carboxylic acids is 1. The molecule has 10 heteroatoms. The average molecular weight is 408 g/mol. The van der Waals surface area contributed by atoms with Gasteiger partial charge in [-0.25, -0.2) is 22.0 Å². The van der Waals surface area contributed by atoms with Crippen molar-refractivity contribution in [1.82, 2.24) is 0 Å². The summed E-state index contributed by atoms with van der Waals surface area (Å²) in [4.78, 5) is 23.2. The van der Waals surface area contributed by atoms with Gasteiger partial charge in [-0.1, -0.05) is 6.42 Å². The highest BCUT2D eigenvalue weighted by atomic mass is 32.2. The smallest absolute Gasteiger partial charge is 0.337 e.